The third-order valence-corrected chi connectivity index (χ3v) is 4.48. The second kappa shape index (κ2) is 7.88. The summed E-state index contributed by atoms with van der Waals surface area (Å²) < 4.78 is 95.6. The van der Waals surface area contributed by atoms with Crippen molar-refractivity contribution in [3.8, 4) is 5.75 Å². The molecule has 0 radical (unpaired) electrons. The lowest BCUT2D eigenvalue weighted by atomic mass is 10.3. The highest BCUT2D eigenvalue weighted by Gasteiger charge is 2.36. The maximum Gasteiger partial charge on any atom is 0.573 e. The van der Waals surface area contributed by atoms with Crippen molar-refractivity contribution in [2.45, 2.75) is 17.7 Å². The van der Waals surface area contributed by atoms with Crippen LogP contribution in [0.4, 0.5) is 22.0 Å². The van der Waals surface area contributed by atoms with Crippen LogP contribution in [0.1, 0.15) is 0 Å². The Morgan fingerprint density at radius 3 is 2.35 bits per heavy atom. The van der Waals surface area contributed by atoms with Gasteiger partial charge in [-0.2, -0.15) is 4.31 Å². The van der Waals surface area contributed by atoms with Crippen molar-refractivity contribution >= 4 is 10.0 Å². The molecule has 0 N–H and O–H groups in total. The zero-order valence-electron chi connectivity index (χ0n) is 11.9. The van der Waals surface area contributed by atoms with Crippen molar-refractivity contribution in [2.24, 2.45) is 0 Å². The summed E-state index contributed by atoms with van der Waals surface area (Å²) in [6.07, 6.45) is -8.12. The first-order chi connectivity index (χ1) is 10.6. The van der Waals surface area contributed by atoms with Gasteiger partial charge in [-0.15, -0.1) is 13.2 Å². The van der Waals surface area contributed by atoms with Crippen molar-refractivity contribution < 1.29 is 39.8 Å². The number of nitrogens with zero attached hydrogens (tertiary/aromatic N) is 1. The largest absolute Gasteiger partial charge is 0.573 e. The molecule has 0 unspecified atom stereocenters. The Hall–Kier alpha value is -1.46. The number of ether oxygens (including phenoxy) is 2. The monoisotopic (exact) mass is 363 g/mol. The van der Waals surface area contributed by atoms with Crippen LogP contribution in [0.3, 0.4) is 0 Å². The van der Waals surface area contributed by atoms with E-state index >= 15 is 0 Å². The van der Waals surface area contributed by atoms with E-state index in [4.69, 9.17) is 0 Å². The third-order valence-electron chi connectivity index (χ3n) is 2.58. The molecule has 132 valence electrons. The number of para-hydroxylation sites is 1. The smallest absolute Gasteiger partial charge is 0.404 e. The van der Waals surface area contributed by atoms with Crippen LogP contribution in [0, 0.1) is 0 Å². The normalized spacial score (nSPS) is 12.9. The molecule has 5 nitrogen and oxygen atoms in total. The van der Waals surface area contributed by atoms with Gasteiger partial charge in [-0.25, -0.2) is 17.2 Å². The molecule has 0 aliphatic carbocycles. The number of methoxy groups -OCH3 is 1. The number of benzene rings is 1. The van der Waals surface area contributed by atoms with E-state index in [1.54, 1.807) is 0 Å². The summed E-state index contributed by atoms with van der Waals surface area (Å²) in [5.74, 6) is -0.989. The van der Waals surface area contributed by atoms with Gasteiger partial charge in [-0.05, 0) is 12.1 Å². The van der Waals surface area contributed by atoms with E-state index in [1.807, 2.05) is 0 Å². The van der Waals surface area contributed by atoms with Gasteiger partial charge in [0.15, 0.2) is 0 Å². The van der Waals surface area contributed by atoms with E-state index in [1.165, 1.54) is 7.11 Å². The predicted octanol–water partition coefficient (Wildman–Crippen LogP) is 2.49. The molecule has 1 aromatic rings. The first-order valence-electron chi connectivity index (χ1n) is 6.20. The lowest BCUT2D eigenvalue weighted by Gasteiger charge is -2.23. The second-order valence-corrected chi connectivity index (χ2v) is 6.15. The number of alkyl halides is 5. The van der Waals surface area contributed by atoms with E-state index in [2.05, 4.69) is 9.47 Å². The molecular weight excluding hydrogens is 349 g/mol. The highest BCUT2D eigenvalue weighted by Crippen LogP contribution is 2.31. The molecule has 0 aromatic heterocycles. The van der Waals surface area contributed by atoms with E-state index in [0.717, 1.165) is 24.3 Å². The third kappa shape index (κ3) is 5.92. The Morgan fingerprint density at radius 2 is 1.83 bits per heavy atom. The molecule has 0 aliphatic heterocycles. The van der Waals surface area contributed by atoms with Gasteiger partial charge in [0.05, 0.1) is 13.2 Å². The quantitative estimate of drug-likeness (QED) is 0.666. The molecule has 0 aliphatic rings. The van der Waals surface area contributed by atoms with Gasteiger partial charge >= 0.3 is 6.36 Å². The topological polar surface area (TPSA) is 55.8 Å². The Balaban J connectivity index is 3.23. The van der Waals surface area contributed by atoms with Gasteiger partial charge in [0, 0.05) is 13.7 Å². The average molecular weight is 363 g/mol. The van der Waals surface area contributed by atoms with Crippen molar-refractivity contribution in [3.63, 3.8) is 0 Å². The van der Waals surface area contributed by atoms with Crippen LogP contribution in [-0.2, 0) is 14.8 Å². The van der Waals surface area contributed by atoms with E-state index in [0.29, 0.717) is 4.31 Å². The van der Waals surface area contributed by atoms with Crippen LogP contribution < -0.4 is 4.74 Å². The number of halogens is 5. The van der Waals surface area contributed by atoms with Crippen molar-refractivity contribution in [2.75, 3.05) is 26.8 Å². The van der Waals surface area contributed by atoms with Crippen molar-refractivity contribution in [3.05, 3.63) is 24.3 Å². The Kier molecular flexibility index (Phi) is 6.71. The van der Waals surface area contributed by atoms with Gasteiger partial charge in [0.2, 0.25) is 10.0 Å². The van der Waals surface area contributed by atoms with Crippen LogP contribution in [0.5, 0.6) is 5.75 Å². The summed E-state index contributed by atoms with van der Waals surface area (Å²) in [5.41, 5.74) is 0. The lowest BCUT2D eigenvalue weighted by Crippen LogP contribution is -2.37. The van der Waals surface area contributed by atoms with E-state index in [9.17, 15) is 30.4 Å². The van der Waals surface area contributed by atoms with Gasteiger partial charge in [-0.3, -0.25) is 0 Å². The van der Waals surface area contributed by atoms with Gasteiger partial charge in [0.25, 0.3) is 6.43 Å². The molecule has 1 aromatic carbocycles. The summed E-state index contributed by atoms with van der Waals surface area (Å²) in [4.78, 5) is -0.853. The van der Waals surface area contributed by atoms with E-state index in [-0.39, 0.29) is 6.61 Å². The minimum Gasteiger partial charge on any atom is -0.404 e. The first-order valence-corrected chi connectivity index (χ1v) is 7.64. The fourth-order valence-electron chi connectivity index (χ4n) is 1.67. The predicted molar refractivity (Wildman–Crippen MR) is 69.8 cm³/mol. The number of sulfonamides is 1. The first kappa shape index (κ1) is 19.6. The second-order valence-electron chi connectivity index (χ2n) is 4.24. The average Bonchev–Trinajstić information content (AvgIpc) is 2.41. The number of rotatable bonds is 8. The summed E-state index contributed by atoms with van der Waals surface area (Å²) in [6.45, 7) is -1.82. The summed E-state index contributed by atoms with van der Waals surface area (Å²) in [5, 5.41) is 0. The summed E-state index contributed by atoms with van der Waals surface area (Å²) >= 11 is 0. The Morgan fingerprint density at radius 1 is 1.22 bits per heavy atom. The lowest BCUT2D eigenvalue weighted by molar-refractivity contribution is -0.275. The van der Waals surface area contributed by atoms with Gasteiger partial charge < -0.3 is 9.47 Å². The van der Waals surface area contributed by atoms with Crippen LogP contribution in [0.15, 0.2) is 29.2 Å². The van der Waals surface area contributed by atoms with Crippen molar-refractivity contribution in [1.29, 1.82) is 0 Å². The molecule has 0 bridgehead atoms. The fraction of sp³-hybridized carbons (Fsp3) is 0.500. The van der Waals surface area contributed by atoms with Crippen LogP contribution in [0.2, 0.25) is 0 Å². The van der Waals surface area contributed by atoms with Crippen LogP contribution in [-0.4, -0.2) is 52.3 Å². The number of hydrogen-bond donors (Lipinski definition) is 0. The molecule has 1 rings (SSSR count). The molecule has 0 heterocycles. The zero-order chi connectivity index (χ0) is 17.7. The maximum atomic E-state index is 12.6. The highest BCUT2D eigenvalue weighted by atomic mass is 32.2. The molecule has 0 saturated carbocycles. The molecule has 0 amide bonds. The van der Waals surface area contributed by atoms with Gasteiger partial charge in [-0.1, -0.05) is 12.1 Å². The number of hydrogen-bond acceptors (Lipinski definition) is 4. The molecular formula is C12H14F5NO4S. The SMILES string of the molecule is COCCN(CC(F)F)S(=O)(=O)c1ccccc1OC(F)(F)F. The summed E-state index contributed by atoms with van der Waals surface area (Å²) in [7, 11) is -3.39. The Bertz CT molecular complexity index is 606. The van der Waals surface area contributed by atoms with Gasteiger partial charge in [0.1, 0.15) is 10.6 Å². The van der Waals surface area contributed by atoms with Crippen molar-refractivity contribution in [1.82, 2.24) is 4.31 Å². The molecule has 0 spiro atoms. The minimum absolute atomic E-state index is 0.200. The summed E-state index contributed by atoms with van der Waals surface area (Å²) in [6, 6.07) is 3.93. The maximum absolute atomic E-state index is 12.6. The van der Waals surface area contributed by atoms with E-state index < -0.39 is 46.5 Å². The molecule has 11 heteroatoms. The Labute approximate surface area is 129 Å². The molecule has 0 fully saturated rings. The fourth-order valence-corrected chi connectivity index (χ4v) is 3.18. The standard InChI is InChI=1S/C12H14F5NO4S/c1-21-7-6-18(8-11(13)14)23(19,20)10-5-3-2-4-9(10)22-12(15,16)17/h2-5,11H,6-8H2,1H3. The zero-order valence-corrected chi connectivity index (χ0v) is 12.7. The minimum atomic E-state index is -5.12. The molecule has 0 saturated heterocycles. The molecule has 0 atom stereocenters. The highest BCUT2D eigenvalue weighted by molar-refractivity contribution is 7.89. The van der Waals surface area contributed by atoms with Crippen LogP contribution >= 0.6 is 0 Å². The van der Waals surface area contributed by atoms with Crippen LogP contribution in [0.25, 0.3) is 0 Å². The molecule has 23 heavy (non-hydrogen) atoms.